The summed E-state index contributed by atoms with van der Waals surface area (Å²) in [5.74, 6) is -0.891. The van der Waals surface area contributed by atoms with E-state index in [1.54, 1.807) is 0 Å². The third-order valence-electron chi connectivity index (χ3n) is 2.85. The minimum atomic E-state index is -3.73. The Morgan fingerprint density at radius 3 is 2.38 bits per heavy atom. The van der Waals surface area contributed by atoms with Gasteiger partial charge in [-0.2, -0.15) is 8.42 Å². The highest BCUT2D eigenvalue weighted by Gasteiger charge is 2.27. The van der Waals surface area contributed by atoms with Crippen molar-refractivity contribution in [3.8, 4) is 0 Å². The van der Waals surface area contributed by atoms with E-state index in [-0.39, 0.29) is 25.4 Å². The first-order chi connectivity index (χ1) is 12.1. The first-order valence-electron chi connectivity index (χ1n) is 7.01. The van der Waals surface area contributed by atoms with Crippen molar-refractivity contribution >= 4 is 33.1 Å². The Hall–Kier alpha value is -2.84. The summed E-state index contributed by atoms with van der Waals surface area (Å²) in [4.78, 5) is 32.5. The zero-order chi connectivity index (χ0) is 19.9. The van der Waals surface area contributed by atoms with Crippen molar-refractivity contribution in [1.29, 1.82) is 0 Å². The summed E-state index contributed by atoms with van der Waals surface area (Å²) in [5, 5.41) is 35.6. The van der Waals surface area contributed by atoms with Crippen LogP contribution in [0.3, 0.4) is 0 Å². The summed E-state index contributed by atoms with van der Waals surface area (Å²) in [7, 11) is -3.73. The highest BCUT2D eigenvalue weighted by atomic mass is 32.2. The highest BCUT2D eigenvalue weighted by Crippen LogP contribution is 2.33. The molecule has 0 saturated heterocycles. The first-order valence-corrected chi connectivity index (χ1v) is 8.82. The molecule has 13 nitrogen and oxygen atoms in total. The van der Waals surface area contributed by atoms with Gasteiger partial charge in [-0.15, -0.1) is 0 Å². The summed E-state index contributed by atoms with van der Waals surface area (Å²) in [6.07, 6.45) is 0.815. The summed E-state index contributed by atoms with van der Waals surface area (Å²) in [6, 6.07) is 1.50. The predicted octanol–water partition coefficient (Wildman–Crippen LogP) is -0.387. The van der Waals surface area contributed by atoms with E-state index >= 15 is 0 Å². The molecule has 0 unspecified atom stereocenters. The van der Waals surface area contributed by atoms with Gasteiger partial charge in [-0.3, -0.25) is 29.2 Å². The Balaban J connectivity index is 3.26. The summed E-state index contributed by atoms with van der Waals surface area (Å²) < 4.78 is 26.3. The van der Waals surface area contributed by atoms with E-state index in [0.29, 0.717) is 6.07 Å². The van der Waals surface area contributed by atoms with Gasteiger partial charge in [0.2, 0.25) is 0 Å². The average Bonchev–Trinajstić information content (AvgIpc) is 2.54. The zero-order valence-corrected chi connectivity index (χ0v) is 14.3. The Bertz CT molecular complexity index is 809. The number of hydrogen-bond donors (Lipinski definition) is 3. The van der Waals surface area contributed by atoms with E-state index in [2.05, 4.69) is 14.8 Å². The number of rotatable bonds is 10. The number of anilines is 1. The van der Waals surface area contributed by atoms with Crippen molar-refractivity contribution in [3.63, 3.8) is 0 Å². The molecule has 0 aromatic heterocycles. The first kappa shape index (κ1) is 21.2. The number of carbonyl (C=O) groups excluding carboxylic acids is 1. The van der Waals surface area contributed by atoms with Gasteiger partial charge in [-0.05, 0) is 0 Å². The molecule has 26 heavy (non-hydrogen) atoms. The maximum Gasteiger partial charge on any atom is 0.300 e. The molecule has 1 aromatic carbocycles. The minimum Gasteiger partial charge on any atom is -0.395 e. The number of nitro groups is 2. The maximum atomic E-state index is 12.1. The second kappa shape index (κ2) is 9.02. The van der Waals surface area contributed by atoms with Crippen molar-refractivity contribution in [2.24, 2.45) is 0 Å². The molecule has 1 aromatic rings. The van der Waals surface area contributed by atoms with Crippen LogP contribution in [0.25, 0.3) is 0 Å². The van der Waals surface area contributed by atoms with E-state index in [1.807, 2.05) is 0 Å². The zero-order valence-electron chi connectivity index (χ0n) is 13.5. The molecule has 0 fully saturated rings. The number of nitrogens with one attached hydrogen (secondary N) is 2. The standard InChI is InChI=1S/C12H16N4O9S/c1-26(23,24)25-5-3-13-11-9(12(18)14-2-4-17)6-8(15(19)20)7-10(11)16(21)22/h6-7,13,17H,2-5H2,1H3,(H,14,18). The number of aliphatic hydroxyl groups is 1. The molecule has 0 bridgehead atoms. The van der Waals surface area contributed by atoms with Crippen LogP contribution in [-0.2, 0) is 14.3 Å². The normalized spacial score (nSPS) is 11.0. The molecular weight excluding hydrogens is 376 g/mol. The second-order valence-electron chi connectivity index (χ2n) is 4.83. The van der Waals surface area contributed by atoms with Crippen LogP contribution in [0, 0.1) is 20.2 Å². The van der Waals surface area contributed by atoms with E-state index in [9.17, 15) is 33.4 Å². The molecule has 1 amide bonds. The molecule has 0 aliphatic rings. The fourth-order valence-electron chi connectivity index (χ4n) is 1.86. The number of nitro benzene ring substituents is 2. The lowest BCUT2D eigenvalue weighted by Gasteiger charge is -2.12. The Morgan fingerprint density at radius 1 is 1.23 bits per heavy atom. The van der Waals surface area contributed by atoms with E-state index in [0.717, 1.165) is 12.3 Å². The number of carbonyl (C=O) groups is 1. The SMILES string of the molecule is CS(=O)(=O)OCCNc1c(C(=O)NCCO)cc([N+](=O)[O-])cc1[N+](=O)[O-]. The van der Waals surface area contributed by atoms with E-state index < -0.39 is 49.4 Å². The van der Waals surface area contributed by atoms with E-state index in [1.165, 1.54) is 0 Å². The van der Waals surface area contributed by atoms with Crippen LogP contribution in [0.1, 0.15) is 10.4 Å². The number of non-ortho nitro benzene ring substituents is 1. The number of hydrogen-bond acceptors (Lipinski definition) is 10. The largest absolute Gasteiger partial charge is 0.395 e. The molecule has 0 spiro atoms. The van der Waals surface area contributed by atoms with Gasteiger partial charge >= 0.3 is 0 Å². The van der Waals surface area contributed by atoms with Crippen molar-refractivity contribution in [1.82, 2.24) is 5.32 Å². The summed E-state index contributed by atoms with van der Waals surface area (Å²) in [6.45, 7) is -1.20. The Labute approximate surface area is 147 Å². The van der Waals surface area contributed by atoms with Crippen molar-refractivity contribution in [3.05, 3.63) is 37.9 Å². The van der Waals surface area contributed by atoms with Crippen LogP contribution in [0.2, 0.25) is 0 Å². The quantitative estimate of drug-likeness (QED) is 0.204. The molecule has 1 rings (SSSR count). The Morgan fingerprint density at radius 2 is 1.88 bits per heavy atom. The van der Waals surface area contributed by atoms with Crippen LogP contribution in [0.5, 0.6) is 0 Å². The fraction of sp³-hybridized carbons (Fsp3) is 0.417. The molecule has 14 heteroatoms. The van der Waals surface area contributed by atoms with Crippen LogP contribution in [0.15, 0.2) is 12.1 Å². The molecule has 0 radical (unpaired) electrons. The monoisotopic (exact) mass is 392 g/mol. The van der Waals surface area contributed by atoms with Crippen LogP contribution >= 0.6 is 0 Å². The molecule has 0 aliphatic heterocycles. The molecule has 144 valence electrons. The molecular formula is C12H16N4O9S. The fourth-order valence-corrected chi connectivity index (χ4v) is 2.25. The van der Waals surface area contributed by atoms with Crippen molar-refractivity contribution < 1.29 is 32.3 Å². The summed E-state index contributed by atoms with van der Waals surface area (Å²) in [5.41, 5.74) is -2.16. The predicted molar refractivity (Wildman–Crippen MR) is 88.5 cm³/mol. The smallest absolute Gasteiger partial charge is 0.300 e. The maximum absolute atomic E-state index is 12.1. The van der Waals surface area contributed by atoms with Gasteiger partial charge < -0.3 is 15.7 Å². The van der Waals surface area contributed by atoms with E-state index in [4.69, 9.17) is 5.11 Å². The summed E-state index contributed by atoms with van der Waals surface area (Å²) >= 11 is 0. The van der Waals surface area contributed by atoms with Gasteiger partial charge in [0.1, 0.15) is 5.69 Å². The molecule has 0 atom stereocenters. The third-order valence-corrected chi connectivity index (χ3v) is 3.45. The van der Waals surface area contributed by atoms with Gasteiger partial charge in [-0.25, -0.2) is 0 Å². The number of amides is 1. The van der Waals surface area contributed by atoms with Crippen LogP contribution in [0.4, 0.5) is 17.1 Å². The molecule has 0 saturated carbocycles. The number of nitrogens with zero attached hydrogens (tertiary/aromatic N) is 2. The van der Waals surface area contributed by atoms with Crippen LogP contribution in [-0.4, -0.2) is 61.8 Å². The minimum absolute atomic E-state index is 0.175. The Kier molecular flexibility index (Phi) is 7.36. The topological polar surface area (TPSA) is 191 Å². The van der Waals surface area contributed by atoms with Crippen LogP contribution < -0.4 is 10.6 Å². The lowest BCUT2D eigenvalue weighted by atomic mass is 10.1. The average molecular weight is 392 g/mol. The molecule has 3 N–H and O–H groups in total. The molecule has 0 heterocycles. The lowest BCUT2D eigenvalue weighted by molar-refractivity contribution is -0.393. The van der Waals surface area contributed by atoms with Gasteiger partial charge in [0.15, 0.2) is 0 Å². The number of benzene rings is 1. The lowest BCUT2D eigenvalue weighted by Crippen LogP contribution is -2.28. The third kappa shape index (κ3) is 6.23. The van der Waals surface area contributed by atoms with Crippen molar-refractivity contribution in [2.75, 3.05) is 37.9 Å². The second-order valence-corrected chi connectivity index (χ2v) is 6.48. The van der Waals surface area contributed by atoms with Gasteiger partial charge in [-0.1, -0.05) is 0 Å². The molecule has 0 aliphatic carbocycles. The van der Waals surface area contributed by atoms with Gasteiger partial charge in [0.05, 0.1) is 40.9 Å². The number of aliphatic hydroxyl groups excluding tert-OH is 1. The van der Waals surface area contributed by atoms with Gasteiger partial charge in [0.25, 0.3) is 27.4 Å². The van der Waals surface area contributed by atoms with Crippen molar-refractivity contribution in [2.45, 2.75) is 0 Å². The van der Waals surface area contributed by atoms with Gasteiger partial charge in [0, 0.05) is 19.2 Å². The highest BCUT2D eigenvalue weighted by molar-refractivity contribution is 7.85.